The van der Waals surface area contributed by atoms with Gasteiger partial charge in [0.2, 0.25) is 0 Å². The molecule has 0 heterocycles. The predicted molar refractivity (Wildman–Crippen MR) is 66.4 cm³/mol. The first-order chi connectivity index (χ1) is 7.33. The lowest BCUT2D eigenvalue weighted by Gasteiger charge is -2.13. The van der Waals surface area contributed by atoms with Crippen molar-refractivity contribution in [2.24, 2.45) is 5.92 Å². The number of rotatable bonds is 4. The summed E-state index contributed by atoms with van der Waals surface area (Å²) >= 11 is 6.49. The molecule has 2 unspecified atom stereocenters. The van der Waals surface area contributed by atoms with Crippen molar-refractivity contribution in [2.45, 2.75) is 44.4 Å². The molecule has 1 aromatic carbocycles. The summed E-state index contributed by atoms with van der Waals surface area (Å²) in [5, 5.41) is 0.262. The van der Waals surface area contributed by atoms with E-state index < -0.39 is 0 Å². The molecule has 0 amide bonds. The zero-order chi connectivity index (χ0) is 10.7. The zero-order valence-corrected chi connectivity index (χ0v) is 10.1. The van der Waals surface area contributed by atoms with E-state index in [0.29, 0.717) is 5.92 Å². The van der Waals surface area contributed by atoms with Crippen LogP contribution >= 0.6 is 11.6 Å². The van der Waals surface area contributed by atoms with E-state index in [1.165, 1.54) is 43.2 Å². The van der Waals surface area contributed by atoms with Crippen molar-refractivity contribution in [3.05, 3.63) is 35.4 Å². The molecule has 2 rings (SSSR count). The number of unbranched alkanes of at least 4 members (excludes halogenated alkanes) is 2. The molecule has 1 heteroatoms. The van der Waals surface area contributed by atoms with Crippen LogP contribution in [0.2, 0.25) is 0 Å². The number of fused-ring (bicyclic) bond motifs is 1. The van der Waals surface area contributed by atoms with Crippen molar-refractivity contribution in [3.8, 4) is 0 Å². The molecular formula is C14H19Cl. The number of alkyl halides is 1. The van der Waals surface area contributed by atoms with Gasteiger partial charge in [0, 0.05) is 0 Å². The van der Waals surface area contributed by atoms with Gasteiger partial charge in [-0.1, -0.05) is 50.5 Å². The Kier molecular flexibility index (Phi) is 3.69. The molecule has 1 aliphatic carbocycles. The average molecular weight is 223 g/mol. The summed E-state index contributed by atoms with van der Waals surface area (Å²) < 4.78 is 0. The summed E-state index contributed by atoms with van der Waals surface area (Å²) in [5.74, 6) is 0.676. The molecule has 2 atom stereocenters. The van der Waals surface area contributed by atoms with Crippen LogP contribution in [0.1, 0.15) is 49.1 Å². The molecule has 15 heavy (non-hydrogen) atoms. The van der Waals surface area contributed by atoms with E-state index >= 15 is 0 Å². The second kappa shape index (κ2) is 5.03. The van der Waals surface area contributed by atoms with Crippen LogP contribution in [0, 0.1) is 5.92 Å². The minimum atomic E-state index is 0.262. The third-order valence-electron chi connectivity index (χ3n) is 3.43. The molecule has 0 saturated carbocycles. The average Bonchev–Trinajstić information content (AvgIpc) is 2.57. The molecule has 82 valence electrons. The van der Waals surface area contributed by atoms with Gasteiger partial charge in [-0.15, -0.1) is 11.6 Å². The van der Waals surface area contributed by atoms with Crippen molar-refractivity contribution in [1.82, 2.24) is 0 Å². The number of hydrogen-bond acceptors (Lipinski definition) is 0. The van der Waals surface area contributed by atoms with Gasteiger partial charge < -0.3 is 0 Å². The molecule has 0 saturated heterocycles. The maximum Gasteiger partial charge on any atom is 0.0619 e. The van der Waals surface area contributed by atoms with Gasteiger partial charge in [0.25, 0.3) is 0 Å². The first-order valence-electron chi connectivity index (χ1n) is 6.04. The Morgan fingerprint density at radius 1 is 1.27 bits per heavy atom. The van der Waals surface area contributed by atoms with Crippen LogP contribution in [0.25, 0.3) is 0 Å². The lowest BCUT2D eigenvalue weighted by molar-refractivity contribution is 0.469. The minimum absolute atomic E-state index is 0.262. The first kappa shape index (κ1) is 11.0. The van der Waals surface area contributed by atoms with Gasteiger partial charge in [-0.25, -0.2) is 0 Å². The smallest absolute Gasteiger partial charge is 0.0619 e. The van der Waals surface area contributed by atoms with Gasteiger partial charge in [0.1, 0.15) is 0 Å². The van der Waals surface area contributed by atoms with Crippen LogP contribution in [-0.4, -0.2) is 0 Å². The topological polar surface area (TPSA) is 0 Å². The van der Waals surface area contributed by atoms with E-state index in [0.717, 1.165) is 0 Å². The monoisotopic (exact) mass is 222 g/mol. The molecule has 0 aliphatic heterocycles. The number of hydrogen-bond donors (Lipinski definition) is 0. The molecular weight excluding hydrogens is 204 g/mol. The Morgan fingerprint density at radius 2 is 2.07 bits per heavy atom. The van der Waals surface area contributed by atoms with E-state index in [1.807, 2.05) is 0 Å². The summed E-state index contributed by atoms with van der Waals surface area (Å²) in [6, 6.07) is 8.64. The molecule has 0 aromatic heterocycles. The van der Waals surface area contributed by atoms with Crippen LogP contribution in [0.3, 0.4) is 0 Å². The Bertz CT molecular complexity index is 319. The molecule has 0 N–H and O–H groups in total. The summed E-state index contributed by atoms with van der Waals surface area (Å²) in [4.78, 5) is 0. The van der Waals surface area contributed by atoms with E-state index in [1.54, 1.807) is 0 Å². The first-order valence-corrected chi connectivity index (χ1v) is 6.48. The second-order valence-electron chi connectivity index (χ2n) is 4.56. The van der Waals surface area contributed by atoms with Crippen molar-refractivity contribution < 1.29 is 0 Å². The lowest BCUT2D eigenvalue weighted by Crippen LogP contribution is -2.02. The van der Waals surface area contributed by atoms with Gasteiger partial charge in [-0.3, -0.25) is 0 Å². The number of benzene rings is 1. The standard InChI is InChI=1S/C14H19Cl/c1-2-3-4-8-12-10-11-7-5-6-9-13(11)14(12)15/h5-7,9,12,14H,2-4,8,10H2,1H3. The van der Waals surface area contributed by atoms with Crippen molar-refractivity contribution in [2.75, 3.05) is 0 Å². The zero-order valence-electron chi connectivity index (χ0n) is 9.38. The third kappa shape index (κ3) is 2.36. The second-order valence-corrected chi connectivity index (χ2v) is 5.03. The van der Waals surface area contributed by atoms with Crippen LogP contribution in [-0.2, 0) is 6.42 Å². The van der Waals surface area contributed by atoms with E-state index in [9.17, 15) is 0 Å². The molecule has 0 spiro atoms. The van der Waals surface area contributed by atoms with Crippen LogP contribution in [0.5, 0.6) is 0 Å². The molecule has 0 bridgehead atoms. The van der Waals surface area contributed by atoms with Crippen molar-refractivity contribution in [3.63, 3.8) is 0 Å². The van der Waals surface area contributed by atoms with Crippen molar-refractivity contribution >= 4 is 11.6 Å². The molecule has 1 aromatic rings. The largest absolute Gasteiger partial charge is 0.117 e. The van der Waals surface area contributed by atoms with Gasteiger partial charge in [0.15, 0.2) is 0 Å². The van der Waals surface area contributed by atoms with Gasteiger partial charge in [-0.05, 0) is 29.9 Å². The van der Waals surface area contributed by atoms with Crippen LogP contribution in [0.4, 0.5) is 0 Å². The summed E-state index contributed by atoms with van der Waals surface area (Å²) in [7, 11) is 0. The predicted octanol–water partition coefficient (Wildman–Crippen LogP) is 4.72. The van der Waals surface area contributed by atoms with E-state index in [4.69, 9.17) is 11.6 Å². The fourth-order valence-electron chi connectivity index (χ4n) is 2.53. The number of halogens is 1. The van der Waals surface area contributed by atoms with Gasteiger partial charge in [0.05, 0.1) is 5.38 Å². The summed E-state index contributed by atoms with van der Waals surface area (Å²) in [6.07, 6.45) is 6.45. The van der Waals surface area contributed by atoms with Crippen molar-refractivity contribution in [1.29, 1.82) is 0 Å². The minimum Gasteiger partial charge on any atom is -0.117 e. The highest BCUT2D eigenvalue weighted by Gasteiger charge is 2.29. The highest BCUT2D eigenvalue weighted by molar-refractivity contribution is 6.21. The van der Waals surface area contributed by atoms with E-state index in [-0.39, 0.29) is 5.38 Å². The third-order valence-corrected chi connectivity index (χ3v) is 4.02. The van der Waals surface area contributed by atoms with Gasteiger partial charge in [-0.2, -0.15) is 0 Å². The molecule has 0 radical (unpaired) electrons. The highest BCUT2D eigenvalue weighted by atomic mass is 35.5. The molecule has 1 aliphatic rings. The highest BCUT2D eigenvalue weighted by Crippen LogP contribution is 2.42. The SMILES string of the molecule is CCCCCC1Cc2ccccc2C1Cl. The molecule has 0 nitrogen and oxygen atoms in total. The Balaban J connectivity index is 1.97. The fraction of sp³-hybridized carbons (Fsp3) is 0.571. The van der Waals surface area contributed by atoms with Crippen LogP contribution < -0.4 is 0 Å². The Hall–Kier alpha value is -0.490. The van der Waals surface area contributed by atoms with E-state index in [2.05, 4.69) is 31.2 Å². The summed E-state index contributed by atoms with van der Waals surface area (Å²) in [5.41, 5.74) is 2.85. The molecule has 0 fully saturated rings. The Morgan fingerprint density at radius 3 is 2.80 bits per heavy atom. The normalized spacial score (nSPS) is 24.1. The summed E-state index contributed by atoms with van der Waals surface area (Å²) in [6.45, 7) is 2.25. The van der Waals surface area contributed by atoms with Crippen LogP contribution in [0.15, 0.2) is 24.3 Å². The Labute approximate surface area is 97.6 Å². The maximum absolute atomic E-state index is 6.49. The maximum atomic E-state index is 6.49. The quantitative estimate of drug-likeness (QED) is 0.511. The van der Waals surface area contributed by atoms with Gasteiger partial charge >= 0.3 is 0 Å². The fourth-order valence-corrected chi connectivity index (χ4v) is 2.96. The lowest BCUT2D eigenvalue weighted by atomic mass is 9.98.